The standard InChI is InChI=1S/C24H26N4O3/c1-26-10-9-25-23(26)15-28-13-20-22(14-28)31-21-12-17(7-8-19(21)24(29)27(20)2)16-5-4-6-18(11-16)30-3/h4-12,20,22H,13-15H2,1-3H3/t20-,22+/m1/s1. The van der Waals surface area contributed by atoms with Crippen LogP contribution in [0.1, 0.15) is 16.2 Å². The van der Waals surface area contributed by atoms with Gasteiger partial charge in [0, 0.05) is 39.6 Å². The minimum absolute atomic E-state index is 0.000405. The van der Waals surface area contributed by atoms with Crippen molar-refractivity contribution >= 4 is 5.91 Å². The summed E-state index contributed by atoms with van der Waals surface area (Å²) in [5.41, 5.74) is 2.63. The molecule has 0 aliphatic carbocycles. The molecule has 0 radical (unpaired) electrons. The summed E-state index contributed by atoms with van der Waals surface area (Å²) in [4.78, 5) is 21.8. The Bertz CT molecular complexity index is 1130. The number of carbonyl (C=O) groups is 1. The summed E-state index contributed by atoms with van der Waals surface area (Å²) in [5, 5.41) is 0. The molecule has 31 heavy (non-hydrogen) atoms. The molecule has 7 nitrogen and oxygen atoms in total. The van der Waals surface area contributed by atoms with E-state index in [1.807, 2.05) is 78.4 Å². The summed E-state index contributed by atoms with van der Waals surface area (Å²) in [7, 11) is 5.53. The lowest BCUT2D eigenvalue weighted by Gasteiger charge is -2.25. The number of likely N-dealkylation sites (tertiary alicyclic amines) is 1. The van der Waals surface area contributed by atoms with E-state index < -0.39 is 0 Å². The third-order valence-corrected chi connectivity index (χ3v) is 6.31. The van der Waals surface area contributed by atoms with Gasteiger partial charge < -0.3 is 18.9 Å². The second-order valence-electron chi connectivity index (χ2n) is 8.23. The van der Waals surface area contributed by atoms with E-state index in [9.17, 15) is 4.79 Å². The minimum Gasteiger partial charge on any atom is -0.497 e. The van der Waals surface area contributed by atoms with Crippen molar-refractivity contribution in [2.75, 3.05) is 27.2 Å². The molecule has 7 heteroatoms. The van der Waals surface area contributed by atoms with Crippen molar-refractivity contribution in [3.63, 3.8) is 0 Å². The number of aromatic nitrogens is 2. The number of amides is 1. The van der Waals surface area contributed by atoms with Crippen molar-refractivity contribution in [2.24, 2.45) is 7.05 Å². The average Bonchev–Trinajstić information content (AvgIpc) is 3.36. The van der Waals surface area contributed by atoms with Gasteiger partial charge in [-0.3, -0.25) is 9.69 Å². The smallest absolute Gasteiger partial charge is 0.257 e. The number of hydrogen-bond acceptors (Lipinski definition) is 5. The molecule has 0 bridgehead atoms. The van der Waals surface area contributed by atoms with Crippen molar-refractivity contribution in [3.8, 4) is 22.6 Å². The molecule has 2 atom stereocenters. The summed E-state index contributed by atoms with van der Waals surface area (Å²) in [5.74, 6) is 2.44. The van der Waals surface area contributed by atoms with Gasteiger partial charge in [0.2, 0.25) is 0 Å². The average molecular weight is 418 g/mol. The second kappa shape index (κ2) is 7.74. The lowest BCUT2D eigenvalue weighted by Crippen LogP contribution is -2.44. The fraction of sp³-hybridized carbons (Fsp3) is 0.333. The van der Waals surface area contributed by atoms with E-state index in [4.69, 9.17) is 9.47 Å². The van der Waals surface area contributed by atoms with Crippen LogP contribution in [0.2, 0.25) is 0 Å². The van der Waals surface area contributed by atoms with E-state index in [1.165, 1.54) is 0 Å². The van der Waals surface area contributed by atoms with E-state index in [0.717, 1.165) is 42.3 Å². The Morgan fingerprint density at radius 3 is 2.74 bits per heavy atom. The quantitative estimate of drug-likeness (QED) is 0.652. The normalized spacial score (nSPS) is 20.7. The Hall–Kier alpha value is -3.32. The van der Waals surface area contributed by atoms with Crippen molar-refractivity contribution in [2.45, 2.75) is 18.7 Å². The summed E-state index contributed by atoms with van der Waals surface area (Å²) < 4.78 is 13.8. The van der Waals surface area contributed by atoms with Crippen LogP contribution in [0, 0.1) is 0 Å². The van der Waals surface area contributed by atoms with Gasteiger partial charge in [-0.1, -0.05) is 18.2 Å². The van der Waals surface area contributed by atoms with Gasteiger partial charge in [-0.2, -0.15) is 0 Å². The number of likely N-dealkylation sites (N-methyl/N-ethyl adjacent to an activating group) is 1. The molecule has 0 unspecified atom stereocenters. The zero-order valence-corrected chi connectivity index (χ0v) is 18.0. The molecule has 0 spiro atoms. The lowest BCUT2D eigenvalue weighted by molar-refractivity contribution is 0.0682. The molecule has 2 aromatic carbocycles. The Morgan fingerprint density at radius 2 is 1.97 bits per heavy atom. The van der Waals surface area contributed by atoms with E-state index in [0.29, 0.717) is 11.3 Å². The first kappa shape index (κ1) is 19.6. The van der Waals surface area contributed by atoms with E-state index in [2.05, 4.69) is 9.88 Å². The molecule has 5 rings (SSSR count). The summed E-state index contributed by atoms with van der Waals surface area (Å²) in [6, 6.07) is 13.7. The number of rotatable bonds is 4. The third kappa shape index (κ3) is 3.55. The van der Waals surface area contributed by atoms with Gasteiger partial charge in [-0.15, -0.1) is 0 Å². The number of fused-ring (bicyclic) bond motifs is 2. The Labute approximate surface area is 181 Å². The van der Waals surface area contributed by atoms with Crippen LogP contribution < -0.4 is 9.47 Å². The molecule has 2 aliphatic heterocycles. The summed E-state index contributed by atoms with van der Waals surface area (Å²) >= 11 is 0. The summed E-state index contributed by atoms with van der Waals surface area (Å²) in [6.07, 6.45) is 3.67. The molecule has 1 saturated heterocycles. The van der Waals surface area contributed by atoms with Crippen LogP contribution in [-0.2, 0) is 13.6 Å². The van der Waals surface area contributed by atoms with E-state index in [-0.39, 0.29) is 18.1 Å². The highest BCUT2D eigenvalue weighted by molar-refractivity contribution is 5.98. The van der Waals surface area contributed by atoms with Crippen molar-refractivity contribution < 1.29 is 14.3 Å². The zero-order chi connectivity index (χ0) is 21.5. The number of carbonyl (C=O) groups excluding carboxylic acids is 1. The summed E-state index contributed by atoms with van der Waals surface area (Å²) in [6.45, 7) is 2.24. The van der Waals surface area contributed by atoms with Crippen molar-refractivity contribution in [3.05, 3.63) is 66.2 Å². The highest BCUT2D eigenvalue weighted by atomic mass is 16.5. The number of methoxy groups -OCH3 is 1. The number of nitrogens with zero attached hydrogens (tertiary/aromatic N) is 4. The predicted molar refractivity (Wildman–Crippen MR) is 117 cm³/mol. The maximum absolute atomic E-state index is 13.2. The first-order chi connectivity index (χ1) is 15.0. The Kier molecular flexibility index (Phi) is 4.90. The molecule has 1 aromatic heterocycles. The van der Waals surface area contributed by atoms with E-state index in [1.54, 1.807) is 7.11 Å². The van der Waals surface area contributed by atoms with Crippen molar-refractivity contribution in [1.82, 2.24) is 19.4 Å². The van der Waals surface area contributed by atoms with Crippen LogP contribution in [0.15, 0.2) is 54.9 Å². The molecular formula is C24H26N4O3. The number of imidazole rings is 1. The Morgan fingerprint density at radius 1 is 1.13 bits per heavy atom. The van der Waals surface area contributed by atoms with Crippen LogP contribution in [0.25, 0.3) is 11.1 Å². The fourth-order valence-corrected chi connectivity index (χ4v) is 4.48. The van der Waals surface area contributed by atoms with Gasteiger partial charge in [-0.25, -0.2) is 4.98 Å². The third-order valence-electron chi connectivity index (χ3n) is 6.31. The van der Waals surface area contributed by atoms with Crippen molar-refractivity contribution in [1.29, 1.82) is 0 Å². The van der Waals surface area contributed by atoms with Crippen LogP contribution in [0.4, 0.5) is 0 Å². The molecule has 1 amide bonds. The Balaban J connectivity index is 1.43. The molecule has 0 saturated carbocycles. The minimum atomic E-state index is -0.0870. The molecule has 160 valence electrons. The maximum Gasteiger partial charge on any atom is 0.257 e. The van der Waals surface area contributed by atoms with Gasteiger partial charge in [0.15, 0.2) is 0 Å². The first-order valence-corrected chi connectivity index (χ1v) is 10.4. The van der Waals surface area contributed by atoms with Gasteiger partial charge in [0.25, 0.3) is 5.91 Å². The monoisotopic (exact) mass is 418 g/mol. The zero-order valence-electron chi connectivity index (χ0n) is 18.0. The molecule has 3 aromatic rings. The van der Waals surface area contributed by atoms with Gasteiger partial charge >= 0.3 is 0 Å². The number of aryl methyl sites for hydroxylation is 1. The predicted octanol–water partition coefficient (Wildman–Crippen LogP) is 2.81. The van der Waals surface area contributed by atoms with Gasteiger partial charge in [0.05, 0.1) is 25.3 Å². The highest BCUT2D eigenvalue weighted by Gasteiger charge is 2.42. The topological polar surface area (TPSA) is 59.8 Å². The molecule has 1 fully saturated rings. The molecule has 2 aliphatic rings. The van der Waals surface area contributed by atoms with Crippen LogP contribution in [-0.4, -0.2) is 64.7 Å². The maximum atomic E-state index is 13.2. The number of hydrogen-bond donors (Lipinski definition) is 0. The van der Waals surface area contributed by atoms with Crippen LogP contribution in [0.3, 0.4) is 0 Å². The van der Waals surface area contributed by atoms with Crippen LogP contribution >= 0.6 is 0 Å². The van der Waals surface area contributed by atoms with Gasteiger partial charge in [-0.05, 0) is 35.4 Å². The van der Waals surface area contributed by atoms with Crippen LogP contribution in [0.5, 0.6) is 11.5 Å². The highest BCUT2D eigenvalue weighted by Crippen LogP contribution is 2.35. The van der Waals surface area contributed by atoms with E-state index >= 15 is 0 Å². The number of benzene rings is 2. The largest absolute Gasteiger partial charge is 0.497 e. The fourth-order valence-electron chi connectivity index (χ4n) is 4.48. The van der Waals surface area contributed by atoms with Gasteiger partial charge in [0.1, 0.15) is 23.4 Å². The number of ether oxygens (including phenoxy) is 2. The molecular weight excluding hydrogens is 392 g/mol. The second-order valence-corrected chi connectivity index (χ2v) is 8.23. The molecule has 3 heterocycles. The lowest BCUT2D eigenvalue weighted by atomic mass is 10.0. The first-order valence-electron chi connectivity index (χ1n) is 10.4. The SMILES string of the molecule is COc1cccc(-c2ccc3c(c2)O[C@H]2CN(Cc4nccn4C)C[C@H]2N(C)C3=O)c1. The molecule has 0 N–H and O–H groups in total.